The first kappa shape index (κ1) is 24.6. The number of halogens is 1. The minimum absolute atomic E-state index is 0.00722. The number of urea groups is 1. The van der Waals surface area contributed by atoms with E-state index in [0.717, 1.165) is 10.5 Å². The first-order valence-electron chi connectivity index (χ1n) is 10.8. The number of benzene rings is 3. The molecule has 4 rings (SSSR count). The van der Waals surface area contributed by atoms with Crippen molar-refractivity contribution in [2.24, 2.45) is 0 Å². The van der Waals surface area contributed by atoms with Crippen LogP contribution in [-0.2, 0) is 16.2 Å². The van der Waals surface area contributed by atoms with Crippen LogP contribution in [0.2, 0.25) is 5.02 Å². The Morgan fingerprint density at radius 3 is 2.58 bits per heavy atom. The summed E-state index contributed by atoms with van der Waals surface area (Å²) in [6.45, 7) is 3.58. The Morgan fingerprint density at radius 2 is 1.83 bits per heavy atom. The second kappa shape index (κ2) is 10.0. The average Bonchev–Trinajstić information content (AvgIpc) is 2.83. The minimum Gasteiger partial charge on any atom is -0.488 e. The molecule has 182 valence electrons. The van der Waals surface area contributed by atoms with Crippen LogP contribution in [0.1, 0.15) is 22.3 Å². The molecule has 1 N–H and O–H groups in total. The molecule has 0 radical (unpaired) electrons. The number of carbonyl (C=O) groups is 3. The van der Waals surface area contributed by atoms with Crippen molar-refractivity contribution in [2.45, 2.75) is 20.5 Å². The van der Waals surface area contributed by atoms with Gasteiger partial charge in [0.1, 0.15) is 17.9 Å². The van der Waals surface area contributed by atoms with Crippen LogP contribution in [-0.4, -0.2) is 22.8 Å². The number of imide groups is 2. The van der Waals surface area contributed by atoms with E-state index in [9.17, 15) is 24.5 Å². The van der Waals surface area contributed by atoms with Crippen molar-refractivity contribution < 1.29 is 24.0 Å². The van der Waals surface area contributed by atoms with Crippen LogP contribution in [0.3, 0.4) is 0 Å². The largest absolute Gasteiger partial charge is 0.488 e. The van der Waals surface area contributed by atoms with Crippen LogP contribution < -0.4 is 15.0 Å². The van der Waals surface area contributed by atoms with Crippen LogP contribution in [0, 0.1) is 24.0 Å². The average molecular weight is 506 g/mol. The maximum atomic E-state index is 13.3. The van der Waals surface area contributed by atoms with Gasteiger partial charge in [-0.3, -0.25) is 25.0 Å². The molecule has 1 fully saturated rings. The molecule has 0 bridgehead atoms. The highest BCUT2D eigenvalue weighted by Gasteiger charge is 2.37. The molecule has 0 aromatic heterocycles. The number of anilines is 1. The molecule has 1 heterocycles. The minimum atomic E-state index is -0.851. The number of barbiturate groups is 1. The zero-order valence-electron chi connectivity index (χ0n) is 19.3. The third-order valence-electron chi connectivity index (χ3n) is 5.49. The molecule has 3 aromatic rings. The van der Waals surface area contributed by atoms with E-state index < -0.39 is 22.8 Å². The summed E-state index contributed by atoms with van der Waals surface area (Å²) in [5.41, 5.74) is 2.40. The third-order valence-corrected chi connectivity index (χ3v) is 5.73. The topological polar surface area (TPSA) is 119 Å². The quantitative estimate of drug-likeness (QED) is 0.215. The maximum Gasteiger partial charge on any atom is 0.335 e. The van der Waals surface area contributed by atoms with Crippen molar-refractivity contribution in [1.29, 1.82) is 0 Å². The summed E-state index contributed by atoms with van der Waals surface area (Å²) in [7, 11) is 0. The van der Waals surface area contributed by atoms with E-state index in [1.807, 2.05) is 13.0 Å². The van der Waals surface area contributed by atoms with Gasteiger partial charge in [-0.25, -0.2) is 9.69 Å². The second-order valence-electron chi connectivity index (χ2n) is 8.15. The molecule has 0 saturated carbocycles. The smallest absolute Gasteiger partial charge is 0.335 e. The lowest BCUT2D eigenvalue weighted by atomic mass is 10.0. The summed E-state index contributed by atoms with van der Waals surface area (Å²) in [6, 6.07) is 15.1. The van der Waals surface area contributed by atoms with E-state index in [2.05, 4.69) is 5.32 Å². The van der Waals surface area contributed by atoms with Gasteiger partial charge in [0.2, 0.25) is 0 Å². The van der Waals surface area contributed by atoms with Crippen LogP contribution in [0.25, 0.3) is 6.08 Å². The van der Waals surface area contributed by atoms with Crippen molar-refractivity contribution in [3.63, 3.8) is 0 Å². The molecule has 4 amide bonds. The Balaban J connectivity index is 1.68. The summed E-state index contributed by atoms with van der Waals surface area (Å²) < 4.78 is 5.84. The fourth-order valence-corrected chi connectivity index (χ4v) is 3.86. The number of non-ortho nitro benzene ring substituents is 1. The molecule has 1 aliphatic heterocycles. The van der Waals surface area contributed by atoms with Crippen molar-refractivity contribution in [3.05, 3.63) is 104 Å². The highest BCUT2D eigenvalue weighted by molar-refractivity contribution is 6.39. The Hall–Kier alpha value is -4.50. The van der Waals surface area contributed by atoms with Gasteiger partial charge in [0, 0.05) is 22.7 Å². The standard InChI is InChI=1S/C26H20ClN3O6/c1-15-6-7-16(2)22(10-15)29-25(32)21(24(31)28-26(29)33)13-18-12-19(27)8-9-23(18)36-14-17-4-3-5-20(11-17)30(34)35/h3-13H,14H2,1-2H3,(H,28,31,33)/b21-13+. The van der Waals surface area contributed by atoms with Crippen molar-refractivity contribution in [3.8, 4) is 5.75 Å². The molecule has 0 atom stereocenters. The van der Waals surface area contributed by atoms with Gasteiger partial charge in [-0.15, -0.1) is 0 Å². The SMILES string of the molecule is Cc1ccc(C)c(N2C(=O)NC(=O)/C(=C\c3cc(Cl)ccc3OCc3cccc([N+](=O)[O-])c3)C2=O)c1. The number of hydrogen-bond donors (Lipinski definition) is 1. The molecular formula is C26H20ClN3O6. The van der Waals surface area contributed by atoms with Gasteiger partial charge in [-0.2, -0.15) is 0 Å². The highest BCUT2D eigenvalue weighted by Crippen LogP contribution is 2.30. The predicted octanol–water partition coefficient (Wildman–Crippen LogP) is 5.11. The highest BCUT2D eigenvalue weighted by atomic mass is 35.5. The van der Waals surface area contributed by atoms with Crippen molar-refractivity contribution in [2.75, 3.05) is 4.90 Å². The summed E-state index contributed by atoms with van der Waals surface area (Å²) in [5, 5.41) is 13.6. The van der Waals surface area contributed by atoms with Gasteiger partial charge in [0.25, 0.3) is 17.5 Å². The molecule has 0 unspecified atom stereocenters. The summed E-state index contributed by atoms with van der Waals surface area (Å²) in [4.78, 5) is 50.0. The van der Waals surface area contributed by atoms with Crippen LogP contribution in [0.5, 0.6) is 5.75 Å². The van der Waals surface area contributed by atoms with Gasteiger partial charge < -0.3 is 4.74 Å². The molecule has 9 nitrogen and oxygen atoms in total. The molecule has 3 aromatic carbocycles. The number of ether oxygens (including phenoxy) is 1. The zero-order valence-corrected chi connectivity index (χ0v) is 20.0. The van der Waals surface area contributed by atoms with Crippen LogP contribution in [0.15, 0.2) is 66.2 Å². The lowest BCUT2D eigenvalue weighted by Gasteiger charge is -2.28. The number of amides is 4. The lowest BCUT2D eigenvalue weighted by molar-refractivity contribution is -0.384. The first-order chi connectivity index (χ1) is 17.1. The van der Waals surface area contributed by atoms with E-state index in [-0.39, 0.29) is 23.6 Å². The van der Waals surface area contributed by atoms with E-state index in [0.29, 0.717) is 27.4 Å². The molecule has 0 aliphatic carbocycles. The first-order valence-corrected chi connectivity index (χ1v) is 11.2. The predicted molar refractivity (Wildman–Crippen MR) is 134 cm³/mol. The molecule has 10 heteroatoms. The number of rotatable bonds is 6. The normalized spacial score (nSPS) is 14.7. The summed E-state index contributed by atoms with van der Waals surface area (Å²) in [5.74, 6) is -1.35. The molecule has 1 aliphatic rings. The number of nitro groups is 1. The maximum absolute atomic E-state index is 13.3. The third kappa shape index (κ3) is 5.11. The monoisotopic (exact) mass is 505 g/mol. The van der Waals surface area contributed by atoms with Crippen LogP contribution >= 0.6 is 11.6 Å². The number of carbonyl (C=O) groups excluding carboxylic acids is 3. The number of hydrogen-bond acceptors (Lipinski definition) is 6. The van der Waals surface area contributed by atoms with Crippen LogP contribution in [0.4, 0.5) is 16.2 Å². The van der Waals surface area contributed by atoms with Gasteiger partial charge in [0.05, 0.1) is 10.6 Å². The van der Waals surface area contributed by atoms with Gasteiger partial charge in [-0.1, -0.05) is 35.9 Å². The fourth-order valence-electron chi connectivity index (χ4n) is 3.68. The van der Waals surface area contributed by atoms with E-state index >= 15 is 0 Å². The van der Waals surface area contributed by atoms with Crippen molar-refractivity contribution in [1.82, 2.24) is 5.32 Å². The molecule has 0 spiro atoms. The Bertz CT molecular complexity index is 1450. The molecule has 36 heavy (non-hydrogen) atoms. The molecule has 1 saturated heterocycles. The van der Waals surface area contributed by atoms with Gasteiger partial charge >= 0.3 is 6.03 Å². The zero-order chi connectivity index (χ0) is 26.0. The Morgan fingerprint density at radius 1 is 1.06 bits per heavy atom. The van der Waals surface area contributed by atoms with E-state index in [1.54, 1.807) is 43.3 Å². The lowest BCUT2D eigenvalue weighted by Crippen LogP contribution is -2.54. The van der Waals surface area contributed by atoms with Gasteiger partial charge in [-0.05, 0) is 60.9 Å². The van der Waals surface area contributed by atoms with Gasteiger partial charge in [0.15, 0.2) is 0 Å². The molecular weight excluding hydrogens is 486 g/mol. The Kier molecular flexibility index (Phi) is 6.84. The fraction of sp³-hybridized carbons (Fsp3) is 0.115. The summed E-state index contributed by atoms with van der Waals surface area (Å²) in [6.07, 6.45) is 1.30. The number of aryl methyl sites for hydroxylation is 2. The Labute approximate surface area is 211 Å². The second-order valence-corrected chi connectivity index (χ2v) is 8.58. The van der Waals surface area contributed by atoms with Crippen molar-refractivity contribution >= 4 is 46.9 Å². The summed E-state index contributed by atoms with van der Waals surface area (Å²) >= 11 is 6.16. The number of nitrogens with one attached hydrogen (secondary N) is 1. The van der Waals surface area contributed by atoms with E-state index in [4.69, 9.17) is 16.3 Å². The number of nitro benzene ring substituents is 1. The van der Waals surface area contributed by atoms with E-state index in [1.165, 1.54) is 24.3 Å². The number of nitrogens with zero attached hydrogens (tertiary/aromatic N) is 2.